The van der Waals surface area contributed by atoms with Crippen molar-refractivity contribution in [2.24, 2.45) is 10.7 Å². The first-order chi connectivity index (χ1) is 4.74. The van der Waals surface area contributed by atoms with Gasteiger partial charge in [0.1, 0.15) is 0 Å². The van der Waals surface area contributed by atoms with Gasteiger partial charge in [-0.1, -0.05) is 0 Å². The van der Waals surface area contributed by atoms with Gasteiger partial charge < -0.3 is 21.9 Å². The van der Waals surface area contributed by atoms with Gasteiger partial charge in [-0.3, -0.25) is 0 Å². The van der Waals surface area contributed by atoms with E-state index in [9.17, 15) is 0 Å². The van der Waals surface area contributed by atoms with E-state index in [0.717, 1.165) is 0 Å². The molecule has 9 heteroatoms. The summed E-state index contributed by atoms with van der Waals surface area (Å²) < 4.78 is 0. The molecule has 0 heterocycles. The minimum absolute atomic E-state index is 0. The third-order valence-corrected chi connectivity index (χ3v) is 0.125. The van der Waals surface area contributed by atoms with Crippen LogP contribution in [0, 0.1) is 9.81 Å². The van der Waals surface area contributed by atoms with Gasteiger partial charge in [0.15, 0.2) is 10.7 Å². The van der Waals surface area contributed by atoms with Crippen molar-refractivity contribution in [2.75, 3.05) is 13.1 Å². The largest absolute Gasteiger partial charge is 2.00 e. The van der Waals surface area contributed by atoms with Crippen LogP contribution in [0.2, 0.25) is 0 Å². The molecule has 0 aromatic heterocycles. The Bertz CT molecular complexity index is 56.1. The average molecular weight is 211 g/mol. The summed E-state index contributed by atoms with van der Waals surface area (Å²) in [5, 5.41) is 15.8. The molecule has 0 bridgehead atoms. The van der Waals surface area contributed by atoms with Crippen molar-refractivity contribution in [1.29, 1.82) is 0 Å². The second kappa shape index (κ2) is 60.2. The molecule has 0 radical (unpaired) electrons. The second-order valence-electron chi connectivity index (χ2n) is 0.663. The normalized spacial score (nSPS) is 4.91. The summed E-state index contributed by atoms with van der Waals surface area (Å²) >= 11 is 0. The molecule has 0 atom stereocenters. The summed E-state index contributed by atoms with van der Waals surface area (Å²) in [5.74, 6) is 0. The third kappa shape index (κ3) is 10500. The Kier molecular flexibility index (Phi) is 123. The van der Waals surface area contributed by atoms with Crippen LogP contribution in [0.5, 0.6) is 0 Å². The fraction of sp³-hybridized carbons (Fsp3) is 1.00. The molecule has 0 aliphatic carbocycles. The van der Waals surface area contributed by atoms with Crippen molar-refractivity contribution in [3.05, 3.63) is 21.3 Å². The van der Waals surface area contributed by atoms with Crippen LogP contribution in [0.4, 0.5) is 0 Å². The minimum Gasteiger partial charge on any atom is -0.679 e. The Morgan fingerprint density at radius 1 is 1.00 bits per heavy atom. The van der Waals surface area contributed by atoms with E-state index in [-0.39, 0.29) is 29.6 Å². The molecule has 11 heavy (non-hydrogen) atoms. The monoisotopic (exact) mass is 210 g/mol. The standard InChI is InChI=1S/C2H6N2.2HNO2.Ni/c3-1-2-4;2*2-1-3;/h3-4H,1-2H2;2*(H,2,3);/q-2;;;+2. The topological polar surface area (TPSA) is 147 Å². The van der Waals surface area contributed by atoms with Gasteiger partial charge in [-0.2, -0.15) is 13.1 Å². The van der Waals surface area contributed by atoms with Crippen molar-refractivity contribution >= 4 is 0 Å². The Morgan fingerprint density at radius 3 is 1.09 bits per heavy atom. The number of hydrogen-bond donors (Lipinski definition) is 2. The van der Waals surface area contributed by atoms with Crippen molar-refractivity contribution in [3.8, 4) is 0 Å². The molecule has 0 aliphatic heterocycles. The molecule has 0 saturated heterocycles. The Balaban J connectivity index is -0.0000000325. The number of nitrogens with zero attached hydrogens (tertiary/aromatic N) is 2. The van der Waals surface area contributed by atoms with Crippen LogP contribution in [-0.4, -0.2) is 23.5 Å². The van der Waals surface area contributed by atoms with Gasteiger partial charge >= 0.3 is 16.5 Å². The summed E-state index contributed by atoms with van der Waals surface area (Å²) in [5.41, 5.74) is 12.5. The van der Waals surface area contributed by atoms with Crippen LogP contribution in [0.25, 0.3) is 11.5 Å². The zero-order valence-electron chi connectivity index (χ0n) is 5.34. The fourth-order valence-corrected chi connectivity index (χ4v) is 0. The molecule has 0 fully saturated rings. The predicted molar refractivity (Wildman–Crippen MR) is 33.5 cm³/mol. The molecule has 0 spiro atoms. The van der Waals surface area contributed by atoms with Crippen molar-refractivity contribution < 1.29 is 26.9 Å². The van der Waals surface area contributed by atoms with Crippen LogP contribution < -0.4 is 0 Å². The first-order valence-corrected chi connectivity index (χ1v) is 1.97. The molecule has 0 aliphatic rings. The zero-order chi connectivity index (χ0) is 8.83. The quantitative estimate of drug-likeness (QED) is 0.382. The van der Waals surface area contributed by atoms with Gasteiger partial charge in [0.2, 0.25) is 0 Å². The van der Waals surface area contributed by atoms with Crippen LogP contribution in [0.3, 0.4) is 0 Å². The molecule has 70 valence electrons. The van der Waals surface area contributed by atoms with E-state index in [4.69, 9.17) is 31.7 Å². The smallest absolute Gasteiger partial charge is 0.679 e. The first kappa shape index (κ1) is 22.5. The number of hydrogen-bond acceptors (Lipinski definition) is 4. The Morgan fingerprint density at radius 2 is 1.09 bits per heavy atom. The van der Waals surface area contributed by atoms with Crippen LogP contribution in [0.1, 0.15) is 0 Å². The minimum atomic E-state index is 0. The summed E-state index contributed by atoms with van der Waals surface area (Å²) in [4.78, 5) is 16.2. The number of rotatable bonds is 1. The van der Waals surface area contributed by atoms with Crippen molar-refractivity contribution in [2.45, 2.75) is 0 Å². The maximum Gasteiger partial charge on any atom is 2.00 e. The van der Waals surface area contributed by atoms with E-state index in [1.165, 1.54) is 10.7 Å². The van der Waals surface area contributed by atoms with Crippen molar-refractivity contribution in [3.63, 3.8) is 0 Å². The molecule has 0 saturated carbocycles. The maximum absolute atomic E-state index is 8.11. The second-order valence-corrected chi connectivity index (χ2v) is 0.663. The van der Waals surface area contributed by atoms with Crippen LogP contribution in [0.15, 0.2) is 10.7 Å². The predicted octanol–water partition coefficient (Wildman–Crippen LogP) is 1.37. The van der Waals surface area contributed by atoms with E-state index < -0.39 is 0 Å². The van der Waals surface area contributed by atoms with E-state index in [1.807, 2.05) is 0 Å². The summed E-state index contributed by atoms with van der Waals surface area (Å²) in [6, 6.07) is 0. The molecule has 0 aromatic carbocycles. The zero-order valence-corrected chi connectivity index (χ0v) is 6.32. The van der Waals surface area contributed by atoms with Crippen molar-refractivity contribution in [1.82, 2.24) is 0 Å². The van der Waals surface area contributed by atoms with Gasteiger partial charge in [0.05, 0.1) is 0 Å². The van der Waals surface area contributed by atoms with Crippen LogP contribution in [-0.2, 0) is 16.5 Å². The molecular weight excluding hydrogens is 203 g/mol. The van der Waals surface area contributed by atoms with E-state index in [2.05, 4.69) is 0 Å². The molecule has 0 amide bonds. The van der Waals surface area contributed by atoms with Gasteiger partial charge in [0, 0.05) is 0 Å². The van der Waals surface area contributed by atoms with E-state index in [0.29, 0.717) is 0 Å². The van der Waals surface area contributed by atoms with E-state index >= 15 is 0 Å². The van der Waals surface area contributed by atoms with Gasteiger partial charge in [0.25, 0.3) is 0 Å². The van der Waals surface area contributed by atoms with Gasteiger partial charge in [-0.15, -0.1) is 9.81 Å². The Labute approximate surface area is 72.7 Å². The molecule has 0 unspecified atom stereocenters. The van der Waals surface area contributed by atoms with Gasteiger partial charge in [-0.05, 0) is 0 Å². The summed E-state index contributed by atoms with van der Waals surface area (Å²) in [6.45, 7) is 0.472. The third-order valence-electron chi connectivity index (χ3n) is 0.125. The molecule has 4 N–H and O–H groups in total. The average Bonchev–Trinajstić information content (AvgIpc) is 1.91. The van der Waals surface area contributed by atoms with Gasteiger partial charge in [-0.25, -0.2) is 0 Å². The Hall–Kier alpha value is -0.786. The molecule has 8 nitrogen and oxygen atoms in total. The molecule has 0 rings (SSSR count). The fourth-order valence-electron chi connectivity index (χ4n) is 0. The molecular formula is C2H8N4NiO4. The van der Waals surface area contributed by atoms with Crippen LogP contribution >= 0.6 is 0 Å². The first-order valence-electron chi connectivity index (χ1n) is 1.97. The maximum atomic E-state index is 8.11. The summed E-state index contributed by atoms with van der Waals surface area (Å²) in [6.07, 6.45) is 0. The molecule has 0 aromatic rings. The number of nitrogens with one attached hydrogen (secondary N) is 2. The van der Waals surface area contributed by atoms with E-state index in [1.54, 1.807) is 0 Å². The SMILES string of the molecule is O=NO.O=NO.[NH-]CC[NH-].[Ni+2]. The summed E-state index contributed by atoms with van der Waals surface area (Å²) in [7, 11) is 0.